The van der Waals surface area contributed by atoms with Crippen molar-refractivity contribution in [2.75, 3.05) is 29.1 Å². The summed E-state index contributed by atoms with van der Waals surface area (Å²) in [6.45, 7) is 0.845. The van der Waals surface area contributed by atoms with Crippen molar-refractivity contribution in [3.8, 4) is 0 Å². The van der Waals surface area contributed by atoms with Crippen molar-refractivity contribution in [2.45, 2.75) is 19.1 Å². The Bertz CT molecular complexity index is 1180. The molecule has 0 aromatic heterocycles. The number of carbonyl (C=O) groups is 2. The first-order valence-corrected chi connectivity index (χ1v) is 10.8. The van der Waals surface area contributed by atoms with Gasteiger partial charge in [0.15, 0.2) is 0 Å². The molecule has 2 unspecified atom stereocenters. The fourth-order valence-electron chi connectivity index (χ4n) is 4.66. The summed E-state index contributed by atoms with van der Waals surface area (Å²) in [6.07, 6.45) is 0.0512. The van der Waals surface area contributed by atoms with Gasteiger partial charge in [0.25, 0.3) is 0 Å². The smallest absolute Gasteiger partial charge is 0.242 e. The number of anilines is 3. The van der Waals surface area contributed by atoms with Crippen LogP contribution in [0.1, 0.15) is 22.8 Å². The molecule has 2 N–H and O–H groups in total. The lowest BCUT2D eigenvalue weighted by Crippen LogP contribution is -2.50. The Morgan fingerprint density at radius 2 is 1.78 bits per heavy atom. The first kappa shape index (κ1) is 20.3. The standard InChI is InChI=1S/C26H25N3O3/c1-28-22-12-11-19(27)15-20(22)24(32-16-17-7-3-2-4-8-17)23(25(28)30)26(31)29-14-13-18-9-5-6-10-21(18)29/h2-12,15,23-24H,13-14,16,27H2,1H3. The number of ether oxygens (including phenoxy) is 1. The average molecular weight is 428 g/mol. The molecule has 2 aliphatic heterocycles. The second-order valence-electron chi connectivity index (χ2n) is 8.28. The van der Waals surface area contributed by atoms with E-state index in [-0.39, 0.29) is 18.4 Å². The summed E-state index contributed by atoms with van der Waals surface area (Å²) in [4.78, 5) is 30.5. The number of benzene rings is 3. The van der Waals surface area contributed by atoms with E-state index in [0.717, 1.165) is 28.8 Å². The van der Waals surface area contributed by atoms with Crippen LogP contribution in [0.2, 0.25) is 0 Å². The van der Waals surface area contributed by atoms with E-state index >= 15 is 0 Å². The molecular formula is C26H25N3O3. The zero-order valence-electron chi connectivity index (χ0n) is 17.9. The zero-order chi connectivity index (χ0) is 22.2. The predicted octanol–water partition coefficient (Wildman–Crippen LogP) is 3.71. The molecule has 0 fully saturated rings. The van der Waals surface area contributed by atoms with Crippen LogP contribution >= 0.6 is 0 Å². The normalized spacial score (nSPS) is 19.6. The van der Waals surface area contributed by atoms with Gasteiger partial charge in [-0.3, -0.25) is 9.59 Å². The van der Waals surface area contributed by atoms with E-state index in [1.807, 2.05) is 66.7 Å². The number of amides is 2. The Hall–Kier alpha value is -3.64. The highest BCUT2D eigenvalue weighted by molar-refractivity contribution is 6.15. The fourth-order valence-corrected chi connectivity index (χ4v) is 4.66. The van der Waals surface area contributed by atoms with Gasteiger partial charge in [0.2, 0.25) is 11.8 Å². The Morgan fingerprint density at radius 1 is 1.03 bits per heavy atom. The maximum atomic E-state index is 13.8. The Morgan fingerprint density at radius 3 is 2.59 bits per heavy atom. The molecule has 2 atom stereocenters. The van der Waals surface area contributed by atoms with E-state index in [1.54, 1.807) is 22.9 Å². The molecule has 162 valence electrons. The molecule has 6 nitrogen and oxygen atoms in total. The van der Waals surface area contributed by atoms with Crippen LogP contribution in [0.25, 0.3) is 0 Å². The Balaban J connectivity index is 1.54. The number of para-hydroxylation sites is 1. The fraction of sp³-hybridized carbons (Fsp3) is 0.231. The molecule has 0 saturated heterocycles. The zero-order valence-corrected chi connectivity index (χ0v) is 17.9. The molecule has 0 radical (unpaired) electrons. The molecule has 3 aromatic carbocycles. The highest BCUT2D eigenvalue weighted by Gasteiger charge is 2.47. The molecule has 2 aliphatic rings. The van der Waals surface area contributed by atoms with Crippen molar-refractivity contribution in [1.82, 2.24) is 0 Å². The lowest BCUT2D eigenvalue weighted by atomic mass is 9.87. The van der Waals surface area contributed by atoms with Gasteiger partial charge in [-0.1, -0.05) is 48.5 Å². The predicted molar refractivity (Wildman–Crippen MR) is 124 cm³/mol. The quantitative estimate of drug-likeness (QED) is 0.509. The van der Waals surface area contributed by atoms with Gasteiger partial charge in [0, 0.05) is 36.2 Å². The van der Waals surface area contributed by atoms with E-state index in [9.17, 15) is 9.59 Å². The topological polar surface area (TPSA) is 75.9 Å². The summed E-state index contributed by atoms with van der Waals surface area (Å²) in [5, 5.41) is 0. The molecule has 32 heavy (non-hydrogen) atoms. The highest BCUT2D eigenvalue weighted by atomic mass is 16.5. The molecule has 0 bridgehead atoms. The summed E-state index contributed by atoms with van der Waals surface area (Å²) in [5.74, 6) is -1.49. The minimum atomic E-state index is -0.982. The summed E-state index contributed by atoms with van der Waals surface area (Å²) in [6, 6.07) is 23.0. The Kier molecular flexibility index (Phi) is 5.15. The van der Waals surface area contributed by atoms with Crippen LogP contribution in [0.4, 0.5) is 17.1 Å². The monoisotopic (exact) mass is 427 g/mol. The summed E-state index contributed by atoms with van der Waals surface area (Å²) < 4.78 is 6.30. The minimum Gasteiger partial charge on any atom is -0.399 e. The van der Waals surface area contributed by atoms with Crippen molar-refractivity contribution in [3.63, 3.8) is 0 Å². The van der Waals surface area contributed by atoms with E-state index in [2.05, 4.69) is 0 Å². The number of hydrogen-bond donors (Lipinski definition) is 1. The molecule has 0 spiro atoms. The third-order valence-electron chi connectivity index (χ3n) is 6.31. The highest BCUT2D eigenvalue weighted by Crippen LogP contribution is 2.43. The van der Waals surface area contributed by atoms with Crippen molar-refractivity contribution in [3.05, 3.63) is 89.5 Å². The van der Waals surface area contributed by atoms with Crippen molar-refractivity contribution in [1.29, 1.82) is 0 Å². The van der Waals surface area contributed by atoms with Gasteiger partial charge >= 0.3 is 0 Å². The first-order valence-electron chi connectivity index (χ1n) is 10.8. The Labute approximate surface area is 187 Å². The van der Waals surface area contributed by atoms with E-state index in [0.29, 0.717) is 17.9 Å². The van der Waals surface area contributed by atoms with Gasteiger partial charge in [0.1, 0.15) is 12.0 Å². The molecule has 3 aromatic rings. The molecular weight excluding hydrogens is 402 g/mol. The second kappa shape index (κ2) is 8.13. The molecule has 2 amide bonds. The van der Waals surface area contributed by atoms with Crippen molar-refractivity contribution < 1.29 is 14.3 Å². The lowest BCUT2D eigenvalue weighted by molar-refractivity contribution is -0.141. The van der Waals surface area contributed by atoms with Crippen molar-refractivity contribution in [2.24, 2.45) is 5.92 Å². The minimum absolute atomic E-state index is 0.238. The number of carbonyl (C=O) groups excluding carboxylic acids is 2. The molecule has 0 aliphatic carbocycles. The van der Waals surface area contributed by atoms with Gasteiger partial charge in [-0.05, 0) is 41.8 Å². The number of rotatable bonds is 4. The first-order chi connectivity index (χ1) is 15.5. The number of nitrogens with zero attached hydrogens (tertiary/aromatic N) is 2. The van der Waals surface area contributed by atoms with Crippen LogP contribution in [0, 0.1) is 5.92 Å². The lowest BCUT2D eigenvalue weighted by Gasteiger charge is -2.38. The second-order valence-corrected chi connectivity index (χ2v) is 8.28. The number of hydrogen-bond acceptors (Lipinski definition) is 4. The van der Waals surface area contributed by atoms with Crippen LogP contribution < -0.4 is 15.5 Å². The molecule has 5 rings (SSSR count). The largest absolute Gasteiger partial charge is 0.399 e. The van der Waals surface area contributed by atoms with Gasteiger partial charge < -0.3 is 20.3 Å². The van der Waals surface area contributed by atoms with E-state index in [1.165, 1.54) is 0 Å². The van der Waals surface area contributed by atoms with Gasteiger partial charge in [-0.25, -0.2) is 0 Å². The van der Waals surface area contributed by atoms with Crippen LogP contribution in [0.3, 0.4) is 0 Å². The molecule has 2 heterocycles. The number of fused-ring (bicyclic) bond motifs is 2. The molecule has 6 heteroatoms. The van der Waals surface area contributed by atoms with Crippen LogP contribution in [-0.4, -0.2) is 25.4 Å². The summed E-state index contributed by atoms with van der Waals surface area (Å²) >= 11 is 0. The third kappa shape index (κ3) is 3.42. The average Bonchev–Trinajstić information content (AvgIpc) is 3.25. The maximum Gasteiger partial charge on any atom is 0.242 e. The molecule has 0 saturated carbocycles. The van der Waals surface area contributed by atoms with Gasteiger partial charge in [-0.15, -0.1) is 0 Å². The SMILES string of the molecule is CN1C(=O)C(C(=O)N2CCc3ccccc32)C(OCc2ccccc2)c2cc(N)ccc21. The van der Waals surface area contributed by atoms with E-state index < -0.39 is 12.0 Å². The third-order valence-corrected chi connectivity index (χ3v) is 6.31. The van der Waals surface area contributed by atoms with Crippen LogP contribution in [0.15, 0.2) is 72.8 Å². The van der Waals surface area contributed by atoms with Crippen LogP contribution in [0.5, 0.6) is 0 Å². The van der Waals surface area contributed by atoms with Gasteiger partial charge in [0.05, 0.1) is 6.61 Å². The van der Waals surface area contributed by atoms with Crippen molar-refractivity contribution >= 4 is 28.9 Å². The maximum absolute atomic E-state index is 13.8. The van der Waals surface area contributed by atoms with Crippen LogP contribution in [-0.2, 0) is 27.4 Å². The van der Waals surface area contributed by atoms with Gasteiger partial charge in [-0.2, -0.15) is 0 Å². The summed E-state index contributed by atoms with van der Waals surface area (Å²) in [5.41, 5.74) is 11.1. The van der Waals surface area contributed by atoms with E-state index in [4.69, 9.17) is 10.5 Å². The number of nitrogens with two attached hydrogens (primary N) is 1. The number of nitrogen functional groups attached to an aromatic ring is 1. The summed E-state index contributed by atoms with van der Waals surface area (Å²) in [7, 11) is 1.70.